The molecule has 0 heterocycles. The van der Waals surface area contributed by atoms with Crippen molar-refractivity contribution in [1.82, 2.24) is 5.32 Å². The quantitative estimate of drug-likeness (QED) is 0.645. The molecule has 19 heavy (non-hydrogen) atoms. The van der Waals surface area contributed by atoms with Gasteiger partial charge in [-0.2, -0.15) is 0 Å². The van der Waals surface area contributed by atoms with Crippen LogP contribution in [0, 0.1) is 10.1 Å². The summed E-state index contributed by atoms with van der Waals surface area (Å²) in [7, 11) is 1.50. The summed E-state index contributed by atoms with van der Waals surface area (Å²) in [6, 6.07) is 4.51. The molecule has 0 aromatic heterocycles. The van der Waals surface area contributed by atoms with Gasteiger partial charge in [0, 0.05) is 24.2 Å². The minimum atomic E-state index is -0.462. The van der Waals surface area contributed by atoms with Crippen LogP contribution in [0.1, 0.15) is 36.5 Å². The molecule has 0 saturated heterocycles. The first-order chi connectivity index (χ1) is 8.95. The summed E-state index contributed by atoms with van der Waals surface area (Å²) in [4.78, 5) is 22.1. The van der Waals surface area contributed by atoms with Gasteiger partial charge < -0.3 is 10.6 Å². The minimum absolute atomic E-state index is 0.0609. The van der Waals surface area contributed by atoms with Crippen LogP contribution in [0.3, 0.4) is 0 Å². The van der Waals surface area contributed by atoms with Gasteiger partial charge in [-0.05, 0) is 38.3 Å². The van der Waals surface area contributed by atoms with E-state index in [1.54, 1.807) is 12.1 Å². The first-order valence-electron chi connectivity index (χ1n) is 6.24. The number of anilines is 1. The van der Waals surface area contributed by atoms with E-state index in [-0.39, 0.29) is 17.1 Å². The van der Waals surface area contributed by atoms with Gasteiger partial charge in [-0.25, -0.2) is 0 Å². The highest BCUT2D eigenvalue weighted by molar-refractivity contribution is 5.95. The van der Waals surface area contributed by atoms with Crippen molar-refractivity contribution < 1.29 is 9.72 Å². The van der Waals surface area contributed by atoms with Gasteiger partial charge in [0.2, 0.25) is 0 Å². The molecule has 1 aromatic rings. The standard InChI is InChI=1S/C13H17N3O3/c1-13(6-3-7-13)15-10-5-4-9(12(17)14-2)8-11(10)16(18)19/h4-5,8,15H,3,6-7H2,1-2H3,(H,14,17). The molecule has 1 aliphatic rings. The molecule has 0 atom stereocenters. The Balaban J connectivity index is 2.32. The van der Waals surface area contributed by atoms with Gasteiger partial charge in [0.25, 0.3) is 11.6 Å². The molecule has 0 aliphatic heterocycles. The number of rotatable bonds is 4. The second-order valence-corrected chi connectivity index (χ2v) is 5.11. The van der Waals surface area contributed by atoms with Gasteiger partial charge in [-0.15, -0.1) is 0 Å². The molecule has 1 aromatic carbocycles. The molecule has 0 unspecified atom stereocenters. The van der Waals surface area contributed by atoms with E-state index >= 15 is 0 Å². The molecule has 6 heteroatoms. The van der Waals surface area contributed by atoms with Gasteiger partial charge in [-0.1, -0.05) is 0 Å². The summed E-state index contributed by atoms with van der Waals surface area (Å²) in [5, 5.41) is 16.8. The zero-order chi connectivity index (χ0) is 14.0. The molecule has 2 rings (SSSR count). The number of amides is 1. The summed E-state index contributed by atoms with van der Waals surface area (Å²) in [5.74, 6) is -0.329. The number of carbonyl (C=O) groups excluding carboxylic acids is 1. The Hall–Kier alpha value is -2.11. The van der Waals surface area contributed by atoms with Crippen molar-refractivity contribution in [2.24, 2.45) is 0 Å². The van der Waals surface area contributed by atoms with E-state index in [1.165, 1.54) is 13.1 Å². The number of nitro benzene ring substituents is 1. The Labute approximate surface area is 111 Å². The molecule has 2 N–H and O–H groups in total. The van der Waals surface area contributed by atoms with Crippen molar-refractivity contribution >= 4 is 17.3 Å². The molecule has 6 nitrogen and oxygen atoms in total. The fourth-order valence-electron chi connectivity index (χ4n) is 2.23. The maximum atomic E-state index is 11.5. The van der Waals surface area contributed by atoms with E-state index in [2.05, 4.69) is 10.6 Å². The van der Waals surface area contributed by atoms with Crippen molar-refractivity contribution in [3.05, 3.63) is 33.9 Å². The van der Waals surface area contributed by atoms with Crippen LogP contribution < -0.4 is 10.6 Å². The van der Waals surface area contributed by atoms with Gasteiger partial charge in [-0.3, -0.25) is 14.9 Å². The molecule has 0 spiro atoms. The zero-order valence-electron chi connectivity index (χ0n) is 11.0. The lowest BCUT2D eigenvalue weighted by Gasteiger charge is -2.39. The normalized spacial score (nSPS) is 16.3. The SMILES string of the molecule is CNC(=O)c1ccc(NC2(C)CCC2)c([N+](=O)[O-])c1. The highest BCUT2D eigenvalue weighted by Crippen LogP contribution is 2.37. The monoisotopic (exact) mass is 263 g/mol. The van der Waals surface area contributed by atoms with Gasteiger partial charge in [0.05, 0.1) is 4.92 Å². The molecule has 1 amide bonds. The van der Waals surface area contributed by atoms with Crippen LogP contribution in [0.5, 0.6) is 0 Å². The molecule has 1 aliphatic carbocycles. The molecular weight excluding hydrogens is 246 g/mol. The Morgan fingerprint density at radius 1 is 1.42 bits per heavy atom. The van der Waals surface area contributed by atoms with E-state index in [1.807, 2.05) is 6.92 Å². The van der Waals surface area contributed by atoms with E-state index in [0.29, 0.717) is 11.3 Å². The molecule has 0 bridgehead atoms. The van der Waals surface area contributed by atoms with Crippen LogP contribution in [0.15, 0.2) is 18.2 Å². The van der Waals surface area contributed by atoms with Crippen LogP contribution >= 0.6 is 0 Å². The van der Waals surface area contributed by atoms with Crippen LogP contribution in [0.4, 0.5) is 11.4 Å². The first-order valence-corrected chi connectivity index (χ1v) is 6.24. The average Bonchev–Trinajstić information content (AvgIpc) is 2.36. The van der Waals surface area contributed by atoms with Crippen molar-refractivity contribution in [3.63, 3.8) is 0 Å². The molecule has 1 saturated carbocycles. The second kappa shape index (κ2) is 4.87. The lowest BCUT2D eigenvalue weighted by Crippen LogP contribution is -2.41. The van der Waals surface area contributed by atoms with Crippen LogP contribution in [0.25, 0.3) is 0 Å². The number of nitrogens with one attached hydrogen (secondary N) is 2. The first kappa shape index (κ1) is 13.3. The zero-order valence-corrected chi connectivity index (χ0v) is 11.0. The third kappa shape index (κ3) is 2.67. The van der Waals surface area contributed by atoms with Crippen LogP contribution in [0.2, 0.25) is 0 Å². The average molecular weight is 263 g/mol. The number of carbonyl (C=O) groups is 1. The Bertz CT molecular complexity index is 524. The number of hydrogen-bond donors (Lipinski definition) is 2. The van der Waals surface area contributed by atoms with Crippen LogP contribution in [-0.4, -0.2) is 23.4 Å². The Morgan fingerprint density at radius 2 is 2.11 bits per heavy atom. The molecular formula is C13H17N3O3. The maximum Gasteiger partial charge on any atom is 0.293 e. The second-order valence-electron chi connectivity index (χ2n) is 5.11. The van der Waals surface area contributed by atoms with Gasteiger partial charge in [0.15, 0.2) is 0 Å². The summed E-state index contributed by atoms with van der Waals surface area (Å²) in [6.45, 7) is 2.05. The predicted octanol–water partition coefficient (Wildman–Crippen LogP) is 2.31. The van der Waals surface area contributed by atoms with Crippen molar-refractivity contribution in [2.75, 3.05) is 12.4 Å². The van der Waals surface area contributed by atoms with E-state index in [0.717, 1.165) is 19.3 Å². The molecule has 1 fully saturated rings. The van der Waals surface area contributed by atoms with Crippen molar-refractivity contribution in [1.29, 1.82) is 0 Å². The van der Waals surface area contributed by atoms with E-state index in [9.17, 15) is 14.9 Å². The van der Waals surface area contributed by atoms with Gasteiger partial charge in [0.1, 0.15) is 5.69 Å². The van der Waals surface area contributed by atoms with Gasteiger partial charge >= 0.3 is 0 Å². The summed E-state index contributed by atoms with van der Waals surface area (Å²) >= 11 is 0. The van der Waals surface area contributed by atoms with Crippen LogP contribution in [-0.2, 0) is 0 Å². The highest BCUT2D eigenvalue weighted by Gasteiger charge is 2.33. The molecule has 0 radical (unpaired) electrons. The largest absolute Gasteiger partial charge is 0.374 e. The predicted molar refractivity (Wildman–Crippen MR) is 72.4 cm³/mol. The van der Waals surface area contributed by atoms with E-state index < -0.39 is 4.92 Å². The Morgan fingerprint density at radius 3 is 2.58 bits per heavy atom. The van der Waals surface area contributed by atoms with Crippen molar-refractivity contribution in [3.8, 4) is 0 Å². The third-order valence-corrected chi connectivity index (χ3v) is 3.58. The topological polar surface area (TPSA) is 84.3 Å². The number of hydrogen-bond acceptors (Lipinski definition) is 4. The minimum Gasteiger partial charge on any atom is -0.374 e. The van der Waals surface area contributed by atoms with E-state index in [4.69, 9.17) is 0 Å². The third-order valence-electron chi connectivity index (χ3n) is 3.58. The lowest BCUT2D eigenvalue weighted by atomic mass is 9.78. The number of nitro groups is 1. The molecule has 102 valence electrons. The lowest BCUT2D eigenvalue weighted by molar-refractivity contribution is -0.384. The summed E-state index contributed by atoms with van der Waals surface area (Å²) < 4.78 is 0. The fourth-order valence-corrected chi connectivity index (χ4v) is 2.23. The summed E-state index contributed by atoms with van der Waals surface area (Å²) in [5.41, 5.74) is 0.631. The number of nitrogens with zero attached hydrogens (tertiary/aromatic N) is 1. The highest BCUT2D eigenvalue weighted by atomic mass is 16.6. The summed E-state index contributed by atoms with van der Waals surface area (Å²) in [6.07, 6.45) is 3.14. The maximum absolute atomic E-state index is 11.5. The number of benzene rings is 1. The smallest absolute Gasteiger partial charge is 0.293 e. The van der Waals surface area contributed by atoms with Crippen molar-refractivity contribution in [2.45, 2.75) is 31.7 Å². The fraction of sp³-hybridized carbons (Fsp3) is 0.462. The Kier molecular flexibility index (Phi) is 3.42.